The van der Waals surface area contributed by atoms with Crippen molar-refractivity contribution in [1.29, 1.82) is 0 Å². The number of carbonyl (C=O) groups is 1. The second-order valence-electron chi connectivity index (χ2n) is 6.48. The smallest absolute Gasteiger partial charge is 0.273 e. The van der Waals surface area contributed by atoms with Crippen LogP contribution in [-0.4, -0.2) is 48.8 Å². The highest BCUT2D eigenvalue weighted by Crippen LogP contribution is 2.26. The number of halogens is 1. The Morgan fingerprint density at radius 1 is 1.25 bits per heavy atom. The highest BCUT2D eigenvalue weighted by Gasteiger charge is 2.24. The lowest BCUT2D eigenvalue weighted by atomic mass is 10.0. The molecule has 1 amide bonds. The number of carbonyl (C=O) groups excluding carboxylic acids is 1. The molecule has 0 bridgehead atoms. The summed E-state index contributed by atoms with van der Waals surface area (Å²) in [7, 11) is 0. The Bertz CT molecular complexity index is 905. The zero-order chi connectivity index (χ0) is 19.3. The number of morpholine rings is 1. The van der Waals surface area contributed by atoms with E-state index in [1.807, 2.05) is 41.8 Å². The molecule has 1 aromatic carbocycles. The number of hydrogen-bond donors (Lipinski definition) is 1. The topological polar surface area (TPSA) is 67.6 Å². The predicted octanol–water partition coefficient (Wildman–Crippen LogP) is 3.86. The third-order valence-electron chi connectivity index (χ3n) is 4.70. The van der Waals surface area contributed by atoms with Crippen LogP contribution in [0.2, 0.25) is 5.02 Å². The molecule has 3 heterocycles. The van der Waals surface area contributed by atoms with Crippen molar-refractivity contribution < 1.29 is 14.1 Å². The molecule has 0 saturated carbocycles. The molecule has 146 valence electrons. The maximum Gasteiger partial charge on any atom is 0.273 e. The Balaban J connectivity index is 1.46. The van der Waals surface area contributed by atoms with Crippen molar-refractivity contribution in [2.75, 3.05) is 32.8 Å². The van der Waals surface area contributed by atoms with Gasteiger partial charge in [-0.25, -0.2) is 0 Å². The van der Waals surface area contributed by atoms with E-state index in [2.05, 4.69) is 15.4 Å². The molecule has 0 aliphatic carbocycles. The Morgan fingerprint density at radius 3 is 2.75 bits per heavy atom. The summed E-state index contributed by atoms with van der Waals surface area (Å²) in [6, 6.07) is 13.3. The van der Waals surface area contributed by atoms with Gasteiger partial charge in [0.2, 0.25) is 0 Å². The molecule has 2 aromatic heterocycles. The van der Waals surface area contributed by atoms with Gasteiger partial charge >= 0.3 is 0 Å². The first-order valence-electron chi connectivity index (χ1n) is 9.07. The zero-order valence-electron chi connectivity index (χ0n) is 15.1. The van der Waals surface area contributed by atoms with Crippen molar-refractivity contribution in [2.24, 2.45) is 0 Å². The highest BCUT2D eigenvalue weighted by atomic mass is 35.5. The van der Waals surface area contributed by atoms with Crippen molar-refractivity contribution in [3.8, 4) is 10.6 Å². The van der Waals surface area contributed by atoms with Gasteiger partial charge in [-0.2, -0.15) is 0 Å². The van der Waals surface area contributed by atoms with Crippen molar-refractivity contribution in [3.05, 3.63) is 64.1 Å². The monoisotopic (exact) mass is 417 g/mol. The minimum Gasteiger partial charge on any atom is -0.379 e. The number of nitrogens with zero attached hydrogens (tertiary/aromatic N) is 2. The highest BCUT2D eigenvalue weighted by molar-refractivity contribution is 7.13. The van der Waals surface area contributed by atoms with Crippen molar-refractivity contribution >= 4 is 28.8 Å². The molecule has 1 N–H and O–H groups in total. The summed E-state index contributed by atoms with van der Waals surface area (Å²) in [5.41, 5.74) is 1.38. The summed E-state index contributed by atoms with van der Waals surface area (Å²) in [5, 5.41) is 9.56. The summed E-state index contributed by atoms with van der Waals surface area (Å²) in [5.74, 6) is 0.348. The van der Waals surface area contributed by atoms with Crippen LogP contribution < -0.4 is 5.32 Å². The van der Waals surface area contributed by atoms with Gasteiger partial charge in [0.15, 0.2) is 11.5 Å². The number of nitrogens with one attached hydrogen (secondary N) is 1. The Kier molecular flexibility index (Phi) is 6.07. The summed E-state index contributed by atoms with van der Waals surface area (Å²) in [6.07, 6.45) is 0. The molecular weight excluding hydrogens is 398 g/mol. The van der Waals surface area contributed by atoms with Gasteiger partial charge in [0.1, 0.15) is 0 Å². The normalized spacial score (nSPS) is 16.0. The van der Waals surface area contributed by atoms with Gasteiger partial charge in [0.25, 0.3) is 5.91 Å². The molecule has 28 heavy (non-hydrogen) atoms. The first-order chi connectivity index (χ1) is 13.7. The third-order valence-corrected chi connectivity index (χ3v) is 5.84. The molecule has 3 aromatic rings. The average Bonchev–Trinajstić information content (AvgIpc) is 3.42. The molecule has 1 atom stereocenters. The first-order valence-corrected chi connectivity index (χ1v) is 10.3. The summed E-state index contributed by atoms with van der Waals surface area (Å²) in [6.45, 7) is 3.46. The second kappa shape index (κ2) is 8.87. The molecular formula is C20H20ClN3O3S. The average molecular weight is 418 g/mol. The number of amides is 1. The molecule has 1 aliphatic rings. The van der Waals surface area contributed by atoms with Crippen LogP contribution in [0, 0.1) is 0 Å². The van der Waals surface area contributed by atoms with Gasteiger partial charge in [0.05, 0.1) is 24.1 Å². The maximum atomic E-state index is 12.6. The van der Waals surface area contributed by atoms with Gasteiger partial charge in [-0.1, -0.05) is 35.0 Å². The van der Waals surface area contributed by atoms with E-state index < -0.39 is 0 Å². The van der Waals surface area contributed by atoms with E-state index in [9.17, 15) is 4.79 Å². The van der Waals surface area contributed by atoms with Gasteiger partial charge < -0.3 is 14.6 Å². The first kappa shape index (κ1) is 19.1. The van der Waals surface area contributed by atoms with E-state index in [1.54, 1.807) is 17.4 Å². The zero-order valence-corrected chi connectivity index (χ0v) is 16.7. The quantitative estimate of drug-likeness (QED) is 0.659. The van der Waals surface area contributed by atoms with Gasteiger partial charge in [-0.05, 0) is 29.1 Å². The van der Waals surface area contributed by atoms with Crippen LogP contribution >= 0.6 is 22.9 Å². The maximum absolute atomic E-state index is 12.6. The molecule has 0 spiro atoms. The van der Waals surface area contributed by atoms with Crippen molar-refractivity contribution in [3.63, 3.8) is 0 Å². The fourth-order valence-corrected chi connectivity index (χ4v) is 4.03. The molecule has 0 unspecified atom stereocenters. The lowest BCUT2D eigenvalue weighted by Gasteiger charge is -2.34. The largest absolute Gasteiger partial charge is 0.379 e. The van der Waals surface area contributed by atoms with Crippen molar-refractivity contribution in [1.82, 2.24) is 15.4 Å². The Morgan fingerprint density at radius 2 is 2.04 bits per heavy atom. The van der Waals surface area contributed by atoms with Crippen LogP contribution in [-0.2, 0) is 4.74 Å². The minimum absolute atomic E-state index is 0.0359. The Hall–Kier alpha value is -2.19. The van der Waals surface area contributed by atoms with E-state index in [4.69, 9.17) is 20.9 Å². The molecule has 1 fully saturated rings. The molecule has 8 heteroatoms. The summed E-state index contributed by atoms with van der Waals surface area (Å²) in [4.78, 5) is 15.9. The van der Waals surface area contributed by atoms with E-state index in [1.165, 1.54) is 0 Å². The van der Waals surface area contributed by atoms with Crippen LogP contribution in [0.5, 0.6) is 0 Å². The fourth-order valence-electron chi connectivity index (χ4n) is 3.23. The van der Waals surface area contributed by atoms with Crippen LogP contribution in [0.4, 0.5) is 0 Å². The van der Waals surface area contributed by atoms with E-state index in [0.717, 1.165) is 23.5 Å². The third kappa shape index (κ3) is 4.44. The lowest BCUT2D eigenvalue weighted by Crippen LogP contribution is -2.43. The summed E-state index contributed by atoms with van der Waals surface area (Å²) >= 11 is 7.57. The number of thiophene rings is 1. The Labute approximate surface area is 172 Å². The van der Waals surface area contributed by atoms with Gasteiger partial charge in [-0.15, -0.1) is 11.3 Å². The van der Waals surface area contributed by atoms with Gasteiger partial charge in [0, 0.05) is 30.7 Å². The van der Waals surface area contributed by atoms with Crippen molar-refractivity contribution in [2.45, 2.75) is 6.04 Å². The number of hydrogen-bond acceptors (Lipinski definition) is 6. The van der Waals surface area contributed by atoms with E-state index >= 15 is 0 Å². The molecule has 4 rings (SSSR count). The molecule has 6 nitrogen and oxygen atoms in total. The lowest BCUT2D eigenvalue weighted by molar-refractivity contribution is 0.0162. The molecule has 1 aliphatic heterocycles. The van der Waals surface area contributed by atoms with E-state index in [-0.39, 0.29) is 17.6 Å². The number of benzene rings is 1. The minimum atomic E-state index is -0.251. The standard InChI is InChI=1S/C20H20ClN3O3S/c21-15-5-3-14(4-6-15)17(24-7-9-26-10-8-24)13-22-20(25)16-12-18(27-23-16)19-2-1-11-28-19/h1-6,11-12,17H,7-10,13H2,(H,22,25)/t17-/m0/s1. The second-order valence-corrected chi connectivity index (χ2v) is 7.86. The van der Waals surface area contributed by atoms with Crippen LogP contribution in [0.15, 0.2) is 52.4 Å². The van der Waals surface area contributed by atoms with Gasteiger partial charge in [-0.3, -0.25) is 9.69 Å². The summed E-state index contributed by atoms with van der Waals surface area (Å²) < 4.78 is 10.8. The van der Waals surface area contributed by atoms with Crippen LogP contribution in [0.25, 0.3) is 10.6 Å². The number of rotatable bonds is 6. The molecule has 1 saturated heterocycles. The van der Waals surface area contributed by atoms with E-state index in [0.29, 0.717) is 30.5 Å². The molecule has 0 radical (unpaired) electrons. The van der Waals surface area contributed by atoms with Crippen LogP contribution in [0.3, 0.4) is 0 Å². The SMILES string of the molecule is O=C(NC[C@@H](c1ccc(Cl)cc1)N1CCOCC1)c1cc(-c2cccs2)on1. The number of ether oxygens (including phenoxy) is 1. The number of aromatic nitrogens is 1. The fraction of sp³-hybridized carbons (Fsp3) is 0.300. The van der Waals surface area contributed by atoms with Crippen LogP contribution in [0.1, 0.15) is 22.1 Å². The predicted molar refractivity (Wildman–Crippen MR) is 109 cm³/mol.